The molecule has 0 bridgehead atoms. The Morgan fingerprint density at radius 3 is 2.96 bits per heavy atom. The first-order chi connectivity index (χ1) is 12.7. The van der Waals surface area contributed by atoms with Crippen LogP contribution in [0.25, 0.3) is 0 Å². The van der Waals surface area contributed by atoms with E-state index in [-0.39, 0.29) is 17.7 Å². The molecule has 3 aromatic rings. The maximum absolute atomic E-state index is 12.5. The van der Waals surface area contributed by atoms with Gasteiger partial charge in [-0.2, -0.15) is 5.10 Å². The molecule has 1 aliphatic rings. The standard InChI is InChI=1S/C20H20N4O2/c1-26-18-7-3-2-6-15(18)16-11-17(16)20(25)22-19-8-10-24(23-19)13-14-5-4-9-21-12-14/h2-10,12,16-17H,11,13H2,1H3,(H,22,23,25)/t16-,17-/m0/s1. The molecule has 2 heterocycles. The van der Waals surface area contributed by atoms with Gasteiger partial charge in [0.05, 0.1) is 13.7 Å². The number of pyridine rings is 1. The van der Waals surface area contributed by atoms with Crippen LogP contribution in [0.3, 0.4) is 0 Å². The molecule has 6 heteroatoms. The molecule has 0 unspecified atom stereocenters. The molecule has 4 rings (SSSR count). The molecule has 1 fully saturated rings. The van der Waals surface area contributed by atoms with Gasteiger partial charge >= 0.3 is 0 Å². The maximum Gasteiger partial charge on any atom is 0.229 e. The monoisotopic (exact) mass is 348 g/mol. The number of hydrogen-bond acceptors (Lipinski definition) is 4. The summed E-state index contributed by atoms with van der Waals surface area (Å²) in [4.78, 5) is 16.6. The molecule has 0 radical (unpaired) electrons. The molecule has 6 nitrogen and oxygen atoms in total. The number of nitrogens with one attached hydrogen (secondary N) is 1. The molecule has 0 spiro atoms. The van der Waals surface area contributed by atoms with Crippen molar-refractivity contribution in [1.82, 2.24) is 14.8 Å². The predicted molar refractivity (Wildman–Crippen MR) is 98.0 cm³/mol. The zero-order chi connectivity index (χ0) is 17.9. The second kappa shape index (κ2) is 7.00. The fraction of sp³-hybridized carbons (Fsp3) is 0.250. The predicted octanol–water partition coefficient (Wildman–Crippen LogP) is 3.08. The van der Waals surface area contributed by atoms with Crippen LogP contribution in [-0.2, 0) is 11.3 Å². The third-order valence-corrected chi connectivity index (χ3v) is 4.62. The molecule has 1 saturated carbocycles. The molecule has 132 valence electrons. The highest BCUT2D eigenvalue weighted by Gasteiger charge is 2.45. The van der Waals surface area contributed by atoms with Crippen LogP contribution in [-0.4, -0.2) is 27.8 Å². The number of carbonyl (C=O) groups excluding carboxylic acids is 1. The number of methoxy groups -OCH3 is 1. The second-order valence-electron chi connectivity index (χ2n) is 6.44. The number of benzene rings is 1. The van der Waals surface area contributed by atoms with Crippen LogP contribution in [0.15, 0.2) is 61.1 Å². The molecule has 26 heavy (non-hydrogen) atoms. The second-order valence-corrected chi connectivity index (χ2v) is 6.44. The summed E-state index contributed by atoms with van der Waals surface area (Å²) in [6, 6.07) is 13.6. The number of aromatic nitrogens is 3. The smallest absolute Gasteiger partial charge is 0.229 e. The van der Waals surface area contributed by atoms with E-state index in [2.05, 4.69) is 15.4 Å². The number of para-hydroxylation sites is 1. The van der Waals surface area contributed by atoms with Crippen molar-refractivity contribution in [3.8, 4) is 5.75 Å². The Bertz CT molecular complexity index is 907. The van der Waals surface area contributed by atoms with Crippen molar-refractivity contribution in [2.24, 2.45) is 5.92 Å². The van der Waals surface area contributed by atoms with Crippen LogP contribution < -0.4 is 10.1 Å². The zero-order valence-electron chi connectivity index (χ0n) is 14.5. The molecule has 1 aliphatic carbocycles. The topological polar surface area (TPSA) is 69.0 Å². The zero-order valence-corrected chi connectivity index (χ0v) is 14.5. The summed E-state index contributed by atoms with van der Waals surface area (Å²) < 4.78 is 7.19. The molecular formula is C20H20N4O2. The van der Waals surface area contributed by atoms with Gasteiger partial charge in [0, 0.05) is 30.6 Å². The minimum atomic E-state index is -0.0326. The molecule has 1 N–H and O–H groups in total. The van der Waals surface area contributed by atoms with Gasteiger partial charge in [0.1, 0.15) is 5.75 Å². The van der Waals surface area contributed by atoms with E-state index < -0.39 is 0 Å². The van der Waals surface area contributed by atoms with Crippen molar-refractivity contribution in [2.45, 2.75) is 18.9 Å². The Hall–Kier alpha value is -3.15. The molecule has 2 aromatic heterocycles. The van der Waals surface area contributed by atoms with Gasteiger partial charge in [-0.05, 0) is 35.6 Å². The van der Waals surface area contributed by atoms with Crippen molar-refractivity contribution in [2.75, 3.05) is 12.4 Å². The van der Waals surface area contributed by atoms with Crippen molar-refractivity contribution >= 4 is 11.7 Å². The minimum Gasteiger partial charge on any atom is -0.496 e. The maximum atomic E-state index is 12.5. The number of ether oxygens (including phenoxy) is 1. The first-order valence-electron chi connectivity index (χ1n) is 8.61. The van der Waals surface area contributed by atoms with E-state index in [0.29, 0.717) is 12.4 Å². The van der Waals surface area contributed by atoms with Gasteiger partial charge in [-0.25, -0.2) is 0 Å². The first kappa shape index (κ1) is 16.3. The highest BCUT2D eigenvalue weighted by atomic mass is 16.5. The third-order valence-electron chi connectivity index (χ3n) is 4.62. The van der Waals surface area contributed by atoms with Crippen molar-refractivity contribution in [3.63, 3.8) is 0 Å². The van der Waals surface area contributed by atoms with Crippen LogP contribution in [0.1, 0.15) is 23.5 Å². The largest absolute Gasteiger partial charge is 0.496 e. The molecule has 2 atom stereocenters. The summed E-state index contributed by atoms with van der Waals surface area (Å²) in [7, 11) is 1.66. The lowest BCUT2D eigenvalue weighted by atomic mass is 10.1. The lowest BCUT2D eigenvalue weighted by Gasteiger charge is -2.07. The summed E-state index contributed by atoms with van der Waals surface area (Å²) in [5.41, 5.74) is 2.16. The summed E-state index contributed by atoms with van der Waals surface area (Å²) in [5, 5.41) is 7.34. The lowest BCUT2D eigenvalue weighted by molar-refractivity contribution is -0.117. The number of rotatable bonds is 6. The van der Waals surface area contributed by atoms with Crippen LogP contribution in [0.5, 0.6) is 5.75 Å². The highest BCUT2D eigenvalue weighted by Crippen LogP contribution is 2.50. The first-order valence-corrected chi connectivity index (χ1v) is 8.61. The fourth-order valence-electron chi connectivity index (χ4n) is 3.22. The van der Waals surface area contributed by atoms with Crippen molar-refractivity contribution in [1.29, 1.82) is 0 Å². The quantitative estimate of drug-likeness (QED) is 0.743. The van der Waals surface area contributed by atoms with E-state index in [1.54, 1.807) is 18.0 Å². The Morgan fingerprint density at radius 1 is 1.27 bits per heavy atom. The number of anilines is 1. The molecule has 1 amide bonds. The van der Waals surface area contributed by atoms with E-state index in [4.69, 9.17) is 4.74 Å². The average molecular weight is 348 g/mol. The summed E-state index contributed by atoms with van der Waals surface area (Å²) in [6.45, 7) is 0.622. The Balaban J connectivity index is 1.37. The summed E-state index contributed by atoms with van der Waals surface area (Å²) in [6.07, 6.45) is 6.24. The number of amides is 1. The van der Waals surface area contributed by atoms with Gasteiger partial charge in [0.25, 0.3) is 0 Å². The number of carbonyl (C=O) groups is 1. The van der Waals surface area contributed by atoms with Crippen LogP contribution in [0.4, 0.5) is 5.82 Å². The minimum absolute atomic E-state index is 0.00698. The average Bonchev–Trinajstić information content (AvgIpc) is 3.37. The molecule has 0 aliphatic heterocycles. The van der Waals surface area contributed by atoms with E-state index in [1.807, 2.05) is 54.9 Å². The number of hydrogen-bond donors (Lipinski definition) is 1. The van der Waals surface area contributed by atoms with Crippen LogP contribution in [0.2, 0.25) is 0 Å². The van der Waals surface area contributed by atoms with Crippen molar-refractivity contribution < 1.29 is 9.53 Å². The highest BCUT2D eigenvalue weighted by molar-refractivity contribution is 5.94. The Morgan fingerprint density at radius 2 is 2.15 bits per heavy atom. The third kappa shape index (κ3) is 3.44. The van der Waals surface area contributed by atoms with E-state index in [0.717, 1.165) is 23.3 Å². The fourth-order valence-corrected chi connectivity index (χ4v) is 3.22. The lowest BCUT2D eigenvalue weighted by Crippen LogP contribution is -2.15. The van der Waals surface area contributed by atoms with E-state index >= 15 is 0 Å². The van der Waals surface area contributed by atoms with E-state index in [9.17, 15) is 4.79 Å². The van der Waals surface area contributed by atoms with Crippen LogP contribution >= 0.6 is 0 Å². The van der Waals surface area contributed by atoms with Gasteiger partial charge in [-0.3, -0.25) is 14.5 Å². The Kier molecular flexibility index (Phi) is 4.39. The van der Waals surface area contributed by atoms with E-state index in [1.165, 1.54) is 0 Å². The molecular weight excluding hydrogens is 328 g/mol. The summed E-state index contributed by atoms with van der Waals surface area (Å²) in [5.74, 6) is 1.60. The van der Waals surface area contributed by atoms with Crippen LogP contribution in [0, 0.1) is 5.92 Å². The number of nitrogens with zero attached hydrogens (tertiary/aromatic N) is 3. The van der Waals surface area contributed by atoms with Crippen molar-refractivity contribution in [3.05, 3.63) is 72.2 Å². The SMILES string of the molecule is COc1ccccc1[C@@H]1C[C@@H]1C(=O)Nc1ccn(Cc2cccnc2)n1. The van der Waals surface area contributed by atoms with Gasteiger partial charge in [0.15, 0.2) is 5.82 Å². The van der Waals surface area contributed by atoms with Gasteiger partial charge in [-0.1, -0.05) is 24.3 Å². The molecule has 1 aromatic carbocycles. The van der Waals surface area contributed by atoms with Gasteiger partial charge in [-0.15, -0.1) is 0 Å². The Labute approximate surface area is 151 Å². The van der Waals surface area contributed by atoms with Gasteiger partial charge in [0.2, 0.25) is 5.91 Å². The summed E-state index contributed by atoms with van der Waals surface area (Å²) >= 11 is 0. The van der Waals surface area contributed by atoms with Gasteiger partial charge < -0.3 is 10.1 Å². The molecule has 0 saturated heterocycles. The normalized spacial score (nSPS) is 18.3.